The third-order valence-corrected chi connectivity index (χ3v) is 3.62. The van der Waals surface area contributed by atoms with Crippen molar-refractivity contribution in [1.29, 1.82) is 0 Å². The molecule has 0 aliphatic carbocycles. The number of phenolic OH excluding ortho intramolecular Hbond substituents is 1. The molecule has 0 aliphatic heterocycles. The number of ether oxygens (including phenoxy) is 2. The van der Waals surface area contributed by atoms with Crippen molar-refractivity contribution in [3.63, 3.8) is 0 Å². The monoisotopic (exact) mass is 326 g/mol. The fourth-order valence-corrected chi connectivity index (χ4v) is 2.47. The largest absolute Gasteiger partial charge is 0.507 e. The summed E-state index contributed by atoms with van der Waals surface area (Å²) in [5, 5.41) is 10.1. The second kappa shape index (κ2) is 7.68. The van der Waals surface area contributed by atoms with Crippen LogP contribution in [0.2, 0.25) is 0 Å². The van der Waals surface area contributed by atoms with Gasteiger partial charge in [-0.2, -0.15) is 0 Å². The Morgan fingerprint density at radius 1 is 1.17 bits per heavy atom. The Labute approximate surface area is 142 Å². The summed E-state index contributed by atoms with van der Waals surface area (Å²) in [6.45, 7) is 6.13. The molecule has 0 radical (unpaired) electrons. The fourth-order valence-electron chi connectivity index (χ4n) is 2.47. The number of carbonyl (C=O) groups excluding carboxylic acids is 1. The van der Waals surface area contributed by atoms with Crippen molar-refractivity contribution in [1.82, 2.24) is 0 Å². The molecule has 2 aromatic rings. The summed E-state index contributed by atoms with van der Waals surface area (Å²) in [4.78, 5) is 12.4. The average Bonchev–Trinajstić information content (AvgIpc) is 2.57. The molecule has 0 heterocycles. The second-order valence-corrected chi connectivity index (χ2v) is 5.52. The summed E-state index contributed by atoms with van der Waals surface area (Å²) in [5.74, 6) is 1.06. The van der Waals surface area contributed by atoms with Gasteiger partial charge in [0.2, 0.25) is 0 Å². The first-order valence-corrected chi connectivity index (χ1v) is 7.79. The minimum Gasteiger partial charge on any atom is -0.507 e. The van der Waals surface area contributed by atoms with Crippen LogP contribution in [0.3, 0.4) is 0 Å². The van der Waals surface area contributed by atoms with Crippen molar-refractivity contribution in [2.45, 2.75) is 20.8 Å². The molecule has 0 aliphatic rings. The van der Waals surface area contributed by atoms with Crippen LogP contribution in [0.5, 0.6) is 17.2 Å². The van der Waals surface area contributed by atoms with E-state index in [4.69, 9.17) is 9.47 Å². The van der Waals surface area contributed by atoms with E-state index >= 15 is 0 Å². The van der Waals surface area contributed by atoms with Crippen molar-refractivity contribution in [2.75, 3.05) is 13.7 Å². The van der Waals surface area contributed by atoms with Gasteiger partial charge in [-0.1, -0.05) is 18.2 Å². The van der Waals surface area contributed by atoms with Gasteiger partial charge in [0, 0.05) is 0 Å². The zero-order chi connectivity index (χ0) is 17.7. The van der Waals surface area contributed by atoms with E-state index in [0.29, 0.717) is 29.2 Å². The van der Waals surface area contributed by atoms with Gasteiger partial charge in [-0.3, -0.25) is 4.79 Å². The van der Waals surface area contributed by atoms with E-state index in [1.54, 1.807) is 38.3 Å². The number of aromatic hydroxyl groups is 1. The van der Waals surface area contributed by atoms with Crippen LogP contribution >= 0.6 is 0 Å². The van der Waals surface area contributed by atoms with Gasteiger partial charge in [-0.15, -0.1) is 0 Å². The Balaban J connectivity index is 2.26. The molecule has 126 valence electrons. The summed E-state index contributed by atoms with van der Waals surface area (Å²) >= 11 is 0. The van der Waals surface area contributed by atoms with Gasteiger partial charge in [0.1, 0.15) is 5.75 Å². The van der Waals surface area contributed by atoms with E-state index < -0.39 is 0 Å². The van der Waals surface area contributed by atoms with Crippen LogP contribution in [0.1, 0.15) is 34.0 Å². The van der Waals surface area contributed by atoms with Crippen LogP contribution in [0.25, 0.3) is 6.08 Å². The number of hydrogen-bond acceptors (Lipinski definition) is 4. The zero-order valence-electron chi connectivity index (χ0n) is 14.4. The van der Waals surface area contributed by atoms with Crippen molar-refractivity contribution in [3.05, 3.63) is 58.7 Å². The maximum Gasteiger partial charge on any atom is 0.189 e. The number of phenols is 1. The molecular weight excluding hydrogens is 304 g/mol. The van der Waals surface area contributed by atoms with Crippen molar-refractivity contribution < 1.29 is 19.4 Å². The van der Waals surface area contributed by atoms with E-state index in [9.17, 15) is 9.90 Å². The fraction of sp³-hybridized carbons (Fsp3) is 0.250. The lowest BCUT2D eigenvalue weighted by molar-refractivity contribution is 0.104. The first kappa shape index (κ1) is 17.6. The normalized spacial score (nSPS) is 10.8. The minimum atomic E-state index is -0.243. The molecule has 2 aromatic carbocycles. The highest BCUT2D eigenvalue weighted by Gasteiger charge is 2.11. The standard InChI is InChI=1S/C20H22O4/c1-5-24-18-9-7-15(12-19(18)23-4)6-8-17(21)16-11-13(2)10-14(3)20(16)22/h6-12,22H,5H2,1-4H3. The molecule has 0 saturated heterocycles. The predicted molar refractivity (Wildman–Crippen MR) is 95.1 cm³/mol. The third kappa shape index (κ3) is 3.96. The van der Waals surface area contributed by atoms with E-state index in [1.165, 1.54) is 6.08 Å². The Morgan fingerprint density at radius 3 is 2.58 bits per heavy atom. The SMILES string of the molecule is CCOc1ccc(C=CC(=O)c2cc(C)cc(C)c2O)cc1OC. The maximum absolute atomic E-state index is 12.4. The molecule has 0 atom stereocenters. The molecule has 0 aromatic heterocycles. The predicted octanol–water partition coefficient (Wildman–Crippen LogP) is 4.31. The Kier molecular flexibility index (Phi) is 5.64. The van der Waals surface area contributed by atoms with Gasteiger partial charge in [0.25, 0.3) is 0 Å². The van der Waals surface area contributed by atoms with Gasteiger partial charge in [-0.05, 0) is 61.7 Å². The van der Waals surface area contributed by atoms with E-state index in [-0.39, 0.29) is 11.5 Å². The third-order valence-electron chi connectivity index (χ3n) is 3.62. The topological polar surface area (TPSA) is 55.8 Å². The minimum absolute atomic E-state index is 0.0273. The average molecular weight is 326 g/mol. The number of rotatable bonds is 6. The second-order valence-electron chi connectivity index (χ2n) is 5.52. The van der Waals surface area contributed by atoms with E-state index in [2.05, 4.69) is 0 Å². The number of carbonyl (C=O) groups is 1. The highest BCUT2D eigenvalue weighted by Crippen LogP contribution is 2.29. The molecule has 0 unspecified atom stereocenters. The molecule has 0 saturated carbocycles. The van der Waals surface area contributed by atoms with Crippen molar-refractivity contribution in [3.8, 4) is 17.2 Å². The molecule has 24 heavy (non-hydrogen) atoms. The van der Waals surface area contributed by atoms with Crippen LogP contribution in [-0.2, 0) is 0 Å². The number of allylic oxidation sites excluding steroid dienone is 1. The summed E-state index contributed by atoms with van der Waals surface area (Å²) < 4.78 is 10.8. The highest BCUT2D eigenvalue weighted by atomic mass is 16.5. The van der Waals surface area contributed by atoms with Gasteiger partial charge in [-0.25, -0.2) is 0 Å². The summed E-state index contributed by atoms with van der Waals surface area (Å²) in [6.07, 6.45) is 3.14. The number of benzene rings is 2. The van der Waals surface area contributed by atoms with Crippen LogP contribution < -0.4 is 9.47 Å². The Hall–Kier alpha value is -2.75. The Morgan fingerprint density at radius 2 is 1.92 bits per heavy atom. The van der Waals surface area contributed by atoms with Gasteiger partial charge < -0.3 is 14.6 Å². The van der Waals surface area contributed by atoms with Crippen molar-refractivity contribution in [2.24, 2.45) is 0 Å². The smallest absolute Gasteiger partial charge is 0.189 e. The molecule has 0 spiro atoms. The number of ketones is 1. The first-order valence-electron chi connectivity index (χ1n) is 7.79. The lowest BCUT2D eigenvalue weighted by Gasteiger charge is -2.09. The molecule has 4 nitrogen and oxygen atoms in total. The van der Waals surface area contributed by atoms with Crippen LogP contribution in [0.4, 0.5) is 0 Å². The van der Waals surface area contributed by atoms with Gasteiger partial charge >= 0.3 is 0 Å². The quantitative estimate of drug-likeness (QED) is 0.635. The van der Waals surface area contributed by atoms with E-state index in [1.807, 2.05) is 26.0 Å². The van der Waals surface area contributed by atoms with Crippen molar-refractivity contribution >= 4 is 11.9 Å². The molecule has 0 amide bonds. The molecular formula is C20H22O4. The lowest BCUT2D eigenvalue weighted by atomic mass is 10.0. The zero-order valence-corrected chi connectivity index (χ0v) is 14.4. The first-order chi connectivity index (χ1) is 11.5. The maximum atomic E-state index is 12.4. The number of hydrogen-bond donors (Lipinski definition) is 1. The summed E-state index contributed by atoms with van der Waals surface area (Å²) in [6, 6.07) is 8.98. The van der Waals surface area contributed by atoms with Crippen LogP contribution in [0, 0.1) is 13.8 Å². The number of methoxy groups -OCH3 is 1. The molecule has 0 fully saturated rings. The summed E-state index contributed by atoms with van der Waals surface area (Å²) in [7, 11) is 1.57. The highest BCUT2D eigenvalue weighted by molar-refractivity contribution is 6.09. The van der Waals surface area contributed by atoms with E-state index in [0.717, 1.165) is 11.1 Å². The lowest BCUT2D eigenvalue weighted by Crippen LogP contribution is -1.98. The van der Waals surface area contributed by atoms with Crippen LogP contribution in [0.15, 0.2) is 36.4 Å². The molecule has 0 bridgehead atoms. The molecule has 1 N–H and O–H groups in total. The number of aryl methyl sites for hydroxylation is 2. The Bertz CT molecular complexity index is 775. The van der Waals surface area contributed by atoms with Gasteiger partial charge in [0.15, 0.2) is 17.3 Å². The molecule has 2 rings (SSSR count). The van der Waals surface area contributed by atoms with Gasteiger partial charge in [0.05, 0.1) is 19.3 Å². The van der Waals surface area contributed by atoms with Crippen LogP contribution in [-0.4, -0.2) is 24.6 Å². The molecule has 4 heteroatoms. The summed E-state index contributed by atoms with van der Waals surface area (Å²) in [5.41, 5.74) is 2.74.